The van der Waals surface area contributed by atoms with Crippen LogP contribution >= 0.6 is 0 Å². The van der Waals surface area contributed by atoms with Gasteiger partial charge >= 0.3 is 0 Å². The molecule has 0 saturated carbocycles. The smallest absolute Gasteiger partial charge is 0.232 e. The third kappa shape index (κ3) is 2.62. The fraction of sp³-hybridized carbons (Fsp3) is 0.286. The van der Waals surface area contributed by atoms with E-state index in [2.05, 4.69) is 20.5 Å². The lowest BCUT2D eigenvalue weighted by Crippen LogP contribution is -2.28. The van der Waals surface area contributed by atoms with Crippen LogP contribution in [0.1, 0.15) is 6.42 Å². The molecule has 1 aromatic carbocycles. The highest BCUT2D eigenvalue weighted by Gasteiger charge is 2.36. The summed E-state index contributed by atoms with van der Waals surface area (Å²) in [5.74, 6) is 0.0626. The van der Waals surface area contributed by atoms with E-state index in [-0.39, 0.29) is 24.2 Å². The molecule has 1 aliphatic rings. The van der Waals surface area contributed by atoms with Gasteiger partial charge in [-0.3, -0.25) is 14.9 Å². The van der Waals surface area contributed by atoms with Gasteiger partial charge in [-0.2, -0.15) is 10.1 Å². The van der Waals surface area contributed by atoms with Crippen molar-refractivity contribution in [1.29, 1.82) is 0 Å². The van der Waals surface area contributed by atoms with Crippen LogP contribution in [0, 0.1) is 5.92 Å². The molecule has 0 spiro atoms. The Labute approximate surface area is 126 Å². The van der Waals surface area contributed by atoms with E-state index < -0.39 is 5.92 Å². The molecule has 0 radical (unpaired) electrons. The Kier molecular flexibility index (Phi) is 3.73. The number of H-pyrrole nitrogens is 1. The van der Waals surface area contributed by atoms with Gasteiger partial charge in [0.05, 0.1) is 18.7 Å². The number of anilines is 2. The van der Waals surface area contributed by atoms with E-state index in [0.29, 0.717) is 18.0 Å². The first kappa shape index (κ1) is 14.1. The second-order valence-electron chi connectivity index (χ2n) is 4.90. The van der Waals surface area contributed by atoms with Crippen LogP contribution in [-0.2, 0) is 9.59 Å². The Morgan fingerprint density at radius 1 is 1.45 bits per heavy atom. The van der Waals surface area contributed by atoms with Crippen LogP contribution in [0.5, 0.6) is 5.75 Å². The fourth-order valence-electron chi connectivity index (χ4n) is 2.45. The number of benzene rings is 1. The number of aromatic amines is 1. The van der Waals surface area contributed by atoms with E-state index in [1.54, 1.807) is 24.1 Å². The number of amides is 2. The molecule has 22 heavy (non-hydrogen) atoms. The number of methoxy groups -OCH3 is 1. The van der Waals surface area contributed by atoms with Gasteiger partial charge in [0.25, 0.3) is 0 Å². The molecule has 8 heteroatoms. The van der Waals surface area contributed by atoms with Gasteiger partial charge in [0.15, 0.2) is 0 Å². The minimum Gasteiger partial charge on any atom is -0.495 e. The van der Waals surface area contributed by atoms with E-state index >= 15 is 0 Å². The van der Waals surface area contributed by atoms with Crippen molar-refractivity contribution >= 4 is 23.5 Å². The molecular formula is C14H15N5O3. The number of hydrogen-bond acceptors (Lipinski definition) is 5. The standard InChI is InChI=1S/C14H15N5O3/c1-22-11-5-3-2-4-10(11)19-7-9(6-12(19)20)13(21)17-14-15-8-16-18-14/h2-5,8-9H,6-7H2,1H3,(H2,15,16,17,18,21). The van der Waals surface area contributed by atoms with Crippen LogP contribution in [-0.4, -0.2) is 40.7 Å². The molecule has 1 unspecified atom stereocenters. The maximum Gasteiger partial charge on any atom is 0.232 e. The van der Waals surface area contributed by atoms with Gasteiger partial charge < -0.3 is 9.64 Å². The van der Waals surface area contributed by atoms with Crippen LogP contribution in [0.15, 0.2) is 30.6 Å². The van der Waals surface area contributed by atoms with Crippen LogP contribution in [0.3, 0.4) is 0 Å². The molecular weight excluding hydrogens is 286 g/mol. The molecule has 1 aromatic heterocycles. The van der Waals surface area contributed by atoms with Crippen molar-refractivity contribution in [2.75, 3.05) is 23.9 Å². The van der Waals surface area contributed by atoms with E-state index in [0.717, 1.165) is 0 Å². The van der Waals surface area contributed by atoms with E-state index in [4.69, 9.17) is 4.74 Å². The molecule has 1 atom stereocenters. The van der Waals surface area contributed by atoms with Crippen molar-refractivity contribution in [3.05, 3.63) is 30.6 Å². The summed E-state index contributed by atoms with van der Waals surface area (Å²) in [4.78, 5) is 29.8. The maximum absolute atomic E-state index is 12.2. The van der Waals surface area contributed by atoms with Crippen molar-refractivity contribution in [1.82, 2.24) is 15.2 Å². The molecule has 2 aromatic rings. The predicted octanol–water partition coefficient (Wildman–Crippen LogP) is 0.805. The van der Waals surface area contributed by atoms with E-state index in [9.17, 15) is 9.59 Å². The summed E-state index contributed by atoms with van der Waals surface area (Å²) in [5, 5.41) is 8.82. The highest BCUT2D eigenvalue weighted by Crippen LogP contribution is 2.32. The number of carbonyl (C=O) groups excluding carboxylic acids is 2. The minimum atomic E-state index is -0.442. The molecule has 2 heterocycles. The first-order valence-corrected chi connectivity index (χ1v) is 6.78. The number of nitrogens with one attached hydrogen (secondary N) is 2. The summed E-state index contributed by atoms with van der Waals surface area (Å²) < 4.78 is 5.27. The number of rotatable bonds is 4. The largest absolute Gasteiger partial charge is 0.495 e. The monoisotopic (exact) mass is 301 g/mol. The van der Waals surface area contributed by atoms with Crippen molar-refractivity contribution in [2.45, 2.75) is 6.42 Å². The van der Waals surface area contributed by atoms with Crippen molar-refractivity contribution in [3.63, 3.8) is 0 Å². The zero-order valence-electron chi connectivity index (χ0n) is 11.9. The van der Waals surface area contributed by atoms with Crippen LogP contribution in [0.4, 0.5) is 11.6 Å². The third-order valence-electron chi connectivity index (χ3n) is 3.53. The van der Waals surface area contributed by atoms with Gasteiger partial charge in [0.1, 0.15) is 12.1 Å². The van der Waals surface area contributed by atoms with Gasteiger partial charge in [-0.05, 0) is 12.1 Å². The lowest BCUT2D eigenvalue weighted by Gasteiger charge is -2.19. The normalized spacial score (nSPS) is 17.6. The second-order valence-corrected chi connectivity index (χ2v) is 4.90. The minimum absolute atomic E-state index is 0.109. The summed E-state index contributed by atoms with van der Waals surface area (Å²) >= 11 is 0. The van der Waals surface area contributed by atoms with Gasteiger partial charge in [-0.25, -0.2) is 5.10 Å². The fourth-order valence-corrected chi connectivity index (χ4v) is 2.45. The molecule has 0 bridgehead atoms. The Morgan fingerprint density at radius 3 is 3.00 bits per heavy atom. The number of aromatic nitrogens is 3. The zero-order chi connectivity index (χ0) is 15.5. The van der Waals surface area contributed by atoms with Crippen molar-refractivity contribution in [3.8, 4) is 5.75 Å². The Balaban J connectivity index is 1.74. The van der Waals surface area contributed by atoms with Gasteiger partial charge in [0, 0.05) is 13.0 Å². The summed E-state index contributed by atoms with van der Waals surface area (Å²) in [6.07, 6.45) is 1.45. The average Bonchev–Trinajstić information content (AvgIpc) is 3.16. The van der Waals surface area contributed by atoms with Crippen LogP contribution in [0.2, 0.25) is 0 Å². The first-order chi connectivity index (χ1) is 10.7. The Morgan fingerprint density at radius 2 is 2.27 bits per heavy atom. The molecule has 1 aliphatic heterocycles. The SMILES string of the molecule is COc1ccccc1N1CC(C(=O)Nc2ncn[nH]2)CC1=O. The maximum atomic E-state index is 12.2. The van der Waals surface area contributed by atoms with E-state index in [1.807, 2.05) is 12.1 Å². The number of ether oxygens (including phenoxy) is 1. The molecule has 1 fully saturated rings. The van der Waals surface area contributed by atoms with Crippen molar-refractivity contribution < 1.29 is 14.3 Å². The molecule has 2 N–H and O–H groups in total. The molecule has 8 nitrogen and oxygen atoms in total. The Hall–Kier alpha value is -2.90. The highest BCUT2D eigenvalue weighted by atomic mass is 16.5. The summed E-state index contributed by atoms with van der Waals surface area (Å²) in [5.41, 5.74) is 0.671. The molecule has 3 rings (SSSR count). The molecule has 114 valence electrons. The topological polar surface area (TPSA) is 100 Å². The van der Waals surface area contributed by atoms with Gasteiger partial charge in [0.2, 0.25) is 17.8 Å². The first-order valence-electron chi connectivity index (χ1n) is 6.78. The van der Waals surface area contributed by atoms with Crippen LogP contribution < -0.4 is 15.0 Å². The molecule has 2 amide bonds. The van der Waals surface area contributed by atoms with Gasteiger partial charge in [-0.1, -0.05) is 12.1 Å². The third-order valence-corrected chi connectivity index (χ3v) is 3.53. The Bertz CT molecular complexity index is 686. The predicted molar refractivity (Wildman–Crippen MR) is 78.5 cm³/mol. The number of hydrogen-bond donors (Lipinski definition) is 2. The highest BCUT2D eigenvalue weighted by molar-refractivity contribution is 6.03. The molecule has 1 saturated heterocycles. The van der Waals surface area contributed by atoms with Gasteiger partial charge in [-0.15, -0.1) is 0 Å². The number of nitrogens with zero attached hydrogens (tertiary/aromatic N) is 3. The summed E-state index contributed by atoms with van der Waals surface area (Å²) in [6.45, 7) is 0.305. The second kappa shape index (κ2) is 5.84. The van der Waals surface area contributed by atoms with E-state index in [1.165, 1.54) is 6.33 Å². The van der Waals surface area contributed by atoms with Crippen LogP contribution in [0.25, 0.3) is 0 Å². The number of para-hydroxylation sites is 2. The van der Waals surface area contributed by atoms with Crippen molar-refractivity contribution in [2.24, 2.45) is 5.92 Å². The summed E-state index contributed by atoms with van der Waals surface area (Å²) in [7, 11) is 1.55. The average molecular weight is 301 g/mol. The lowest BCUT2D eigenvalue weighted by atomic mass is 10.1. The molecule has 0 aliphatic carbocycles. The number of carbonyl (C=O) groups is 2. The summed E-state index contributed by atoms with van der Waals surface area (Å²) in [6, 6.07) is 7.24. The quantitative estimate of drug-likeness (QED) is 0.870. The zero-order valence-corrected chi connectivity index (χ0v) is 11.9. The lowest BCUT2D eigenvalue weighted by molar-refractivity contribution is -0.122.